The molecule has 0 unspecified atom stereocenters. The van der Waals surface area contributed by atoms with E-state index in [1.54, 1.807) is 6.07 Å². The first kappa shape index (κ1) is 13.9. The Hall–Kier alpha value is -1.50. The van der Waals surface area contributed by atoms with Gasteiger partial charge in [-0.05, 0) is 18.6 Å². The lowest BCUT2D eigenvalue weighted by atomic mass is 10.3. The van der Waals surface area contributed by atoms with Gasteiger partial charge in [0.15, 0.2) is 5.65 Å². The Morgan fingerprint density at radius 3 is 2.68 bits per heavy atom. The largest absolute Gasteiger partial charge is 0.389 e. The van der Waals surface area contributed by atoms with E-state index in [0.29, 0.717) is 11.2 Å². The van der Waals surface area contributed by atoms with Gasteiger partial charge in [-0.15, -0.1) is 0 Å². The standard InChI is InChI=1S/C11H11ClF3N3O/c1-17-9-7(3-4-8(12)16-9)18(10(17)19)6-2-5-11(13,14)15/h3-4H,2,5-6H2,1H3. The SMILES string of the molecule is Cn1c(=O)n(CCCC(F)(F)F)c2ccc(Cl)nc21. The number of hydrogen-bond donors (Lipinski definition) is 0. The van der Waals surface area contributed by atoms with Crippen LogP contribution < -0.4 is 5.69 Å². The van der Waals surface area contributed by atoms with Gasteiger partial charge in [0, 0.05) is 20.0 Å². The summed E-state index contributed by atoms with van der Waals surface area (Å²) in [5, 5.41) is 0.232. The lowest BCUT2D eigenvalue weighted by Gasteiger charge is -2.06. The first-order valence-electron chi connectivity index (χ1n) is 5.58. The fraction of sp³-hybridized carbons (Fsp3) is 0.455. The minimum Gasteiger partial charge on any atom is -0.290 e. The molecule has 0 aliphatic heterocycles. The highest BCUT2D eigenvalue weighted by Crippen LogP contribution is 2.22. The molecule has 0 aromatic carbocycles. The molecule has 8 heteroatoms. The number of pyridine rings is 1. The van der Waals surface area contributed by atoms with Gasteiger partial charge in [0.2, 0.25) is 0 Å². The number of aryl methyl sites for hydroxylation is 2. The number of aromatic nitrogens is 3. The molecule has 104 valence electrons. The zero-order valence-corrected chi connectivity index (χ0v) is 10.8. The zero-order chi connectivity index (χ0) is 14.2. The van der Waals surface area contributed by atoms with Crippen molar-refractivity contribution in [2.24, 2.45) is 7.05 Å². The van der Waals surface area contributed by atoms with Crippen LogP contribution in [0.1, 0.15) is 12.8 Å². The summed E-state index contributed by atoms with van der Waals surface area (Å²) in [5.74, 6) is 0. The first-order chi connectivity index (χ1) is 8.79. The van der Waals surface area contributed by atoms with E-state index in [2.05, 4.69) is 4.98 Å². The first-order valence-corrected chi connectivity index (χ1v) is 5.96. The van der Waals surface area contributed by atoms with Gasteiger partial charge < -0.3 is 0 Å². The molecule has 0 aliphatic carbocycles. The molecule has 0 bridgehead atoms. The fourth-order valence-electron chi connectivity index (χ4n) is 1.90. The predicted octanol–water partition coefficient (Wildman–Crippen LogP) is 2.73. The quantitative estimate of drug-likeness (QED) is 0.816. The number of nitrogens with zero attached hydrogens (tertiary/aromatic N) is 3. The van der Waals surface area contributed by atoms with Crippen molar-refractivity contribution in [2.75, 3.05) is 0 Å². The summed E-state index contributed by atoms with van der Waals surface area (Å²) >= 11 is 5.73. The number of halogens is 4. The van der Waals surface area contributed by atoms with Crippen molar-refractivity contribution < 1.29 is 13.2 Å². The van der Waals surface area contributed by atoms with Crippen LogP contribution in [0.2, 0.25) is 5.15 Å². The van der Waals surface area contributed by atoms with Crippen LogP contribution in [0.15, 0.2) is 16.9 Å². The van der Waals surface area contributed by atoms with Crippen molar-refractivity contribution in [3.63, 3.8) is 0 Å². The summed E-state index contributed by atoms with van der Waals surface area (Å²) in [7, 11) is 1.51. The maximum absolute atomic E-state index is 12.1. The minimum absolute atomic E-state index is 0.000996. The van der Waals surface area contributed by atoms with Gasteiger partial charge >= 0.3 is 11.9 Å². The summed E-state index contributed by atoms with van der Waals surface area (Å²) in [5.41, 5.74) is 0.454. The Morgan fingerprint density at radius 1 is 1.37 bits per heavy atom. The van der Waals surface area contributed by atoms with E-state index in [1.165, 1.54) is 22.2 Å². The molecule has 0 N–H and O–H groups in total. The number of alkyl halides is 3. The maximum Gasteiger partial charge on any atom is 0.389 e. The third-order valence-electron chi connectivity index (χ3n) is 2.79. The van der Waals surface area contributed by atoms with Crippen molar-refractivity contribution in [3.8, 4) is 0 Å². The third kappa shape index (κ3) is 2.91. The molecule has 0 saturated carbocycles. The van der Waals surface area contributed by atoms with Crippen LogP contribution in [0.4, 0.5) is 13.2 Å². The smallest absolute Gasteiger partial charge is 0.290 e. The Bertz CT molecular complexity index is 659. The molecule has 2 rings (SSSR count). The Balaban J connectivity index is 2.33. The van der Waals surface area contributed by atoms with Crippen LogP contribution in [-0.4, -0.2) is 20.3 Å². The molecular weight excluding hydrogens is 283 g/mol. The Kier molecular flexibility index (Phi) is 3.58. The molecule has 0 atom stereocenters. The molecule has 2 aromatic heterocycles. The van der Waals surface area contributed by atoms with Crippen LogP contribution in [0, 0.1) is 0 Å². The molecular formula is C11H11ClF3N3O. The number of fused-ring (bicyclic) bond motifs is 1. The van der Waals surface area contributed by atoms with Crippen LogP contribution in [0.5, 0.6) is 0 Å². The van der Waals surface area contributed by atoms with Gasteiger partial charge in [0.05, 0.1) is 5.52 Å². The molecule has 0 spiro atoms. The van der Waals surface area contributed by atoms with Gasteiger partial charge in [-0.25, -0.2) is 9.78 Å². The topological polar surface area (TPSA) is 39.8 Å². The molecule has 2 aromatic rings. The van der Waals surface area contributed by atoms with E-state index < -0.39 is 18.3 Å². The second-order valence-electron chi connectivity index (χ2n) is 4.19. The fourth-order valence-corrected chi connectivity index (χ4v) is 2.05. The molecule has 0 aliphatic rings. The Labute approximate surface area is 111 Å². The molecule has 0 saturated heterocycles. The maximum atomic E-state index is 12.1. The summed E-state index contributed by atoms with van der Waals surface area (Å²) in [6.07, 6.45) is -5.28. The molecule has 0 fully saturated rings. The highest BCUT2D eigenvalue weighted by molar-refractivity contribution is 6.29. The van der Waals surface area contributed by atoms with Crippen molar-refractivity contribution in [1.82, 2.24) is 14.1 Å². The summed E-state index contributed by atoms with van der Waals surface area (Å²) in [4.78, 5) is 15.9. The summed E-state index contributed by atoms with van der Waals surface area (Å²) in [6.45, 7) is -0.000996. The number of hydrogen-bond acceptors (Lipinski definition) is 2. The van der Waals surface area contributed by atoms with Gasteiger partial charge in [-0.2, -0.15) is 13.2 Å². The van der Waals surface area contributed by atoms with E-state index >= 15 is 0 Å². The number of imidazole rings is 1. The lowest BCUT2D eigenvalue weighted by Crippen LogP contribution is -2.23. The van der Waals surface area contributed by atoms with E-state index in [0.717, 1.165) is 0 Å². The molecule has 2 heterocycles. The van der Waals surface area contributed by atoms with Gasteiger partial charge in [-0.1, -0.05) is 11.6 Å². The second-order valence-corrected chi connectivity index (χ2v) is 4.58. The molecule has 0 radical (unpaired) electrons. The number of rotatable bonds is 3. The van der Waals surface area contributed by atoms with E-state index in [9.17, 15) is 18.0 Å². The normalized spacial score (nSPS) is 12.3. The lowest BCUT2D eigenvalue weighted by molar-refractivity contribution is -0.135. The predicted molar refractivity (Wildman–Crippen MR) is 65.3 cm³/mol. The van der Waals surface area contributed by atoms with Crippen LogP contribution >= 0.6 is 11.6 Å². The average Bonchev–Trinajstić information content (AvgIpc) is 2.53. The highest BCUT2D eigenvalue weighted by atomic mass is 35.5. The average molecular weight is 294 g/mol. The van der Waals surface area contributed by atoms with Gasteiger partial charge in [-0.3, -0.25) is 9.13 Å². The Morgan fingerprint density at radius 2 is 2.05 bits per heavy atom. The second kappa shape index (κ2) is 4.88. The third-order valence-corrected chi connectivity index (χ3v) is 3.00. The van der Waals surface area contributed by atoms with Crippen molar-refractivity contribution in [1.29, 1.82) is 0 Å². The zero-order valence-electron chi connectivity index (χ0n) is 10.0. The minimum atomic E-state index is -4.21. The van der Waals surface area contributed by atoms with Gasteiger partial charge in [0.1, 0.15) is 5.15 Å². The highest BCUT2D eigenvalue weighted by Gasteiger charge is 2.26. The van der Waals surface area contributed by atoms with E-state index in [4.69, 9.17) is 11.6 Å². The van der Waals surface area contributed by atoms with Crippen LogP contribution in [0.3, 0.4) is 0 Å². The summed E-state index contributed by atoms with van der Waals surface area (Å²) < 4.78 is 38.9. The van der Waals surface area contributed by atoms with E-state index in [1.807, 2.05) is 0 Å². The van der Waals surface area contributed by atoms with Crippen molar-refractivity contribution >= 4 is 22.8 Å². The van der Waals surface area contributed by atoms with Crippen LogP contribution in [-0.2, 0) is 13.6 Å². The van der Waals surface area contributed by atoms with Crippen molar-refractivity contribution in [3.05, 3.63) is 27.8 Å². The monoisotopic (exact) mass is 293 g/mol. The molecule has 0 amide bonds. The van der Waals surface area contributed by atoms with E-state index in [-0.39, 0.29) is 18.1 Å². The molecule has 4 nitrogen and oxygen atoms in total. The van der Waals surface area contributed by atoms with Crippen molar-refractivity contribution in [2.45, 2.75) is 25.6 Å². The summed E-state index contributed by atoms with van der Waals surface area (Å²) in [6, 6.07) is 3.09. The van der Waals surface area contributed by atoms with Crippen LogP contribution in [0.25, 0.3) is 11.2 Å². The molecule has 19 heavy (non-hydrogen) atoms. The van der Waals surface area contributed by atoms with Gasteiger partial charge in [0.25, 0.3) is 0 Å².